The number of allylic oxidation sites excluding steroid dienone is 2. The molecular weight excluding hydrogens is 322 g/mol. The Morgan fingerprint density at radius 2 is 1.60 bits per heavy atom. The third kappa shape index (κ3) is 3.45. The summed E-state index contributed by atoms with van der Waals surface area (Å²) in [5, 5.41) is 2.67. The number of likely N-dealkylation sites (tertiary alicyclic amines) is 1. The normalized spacial score (nSPS) is 22.0. The van der Waals surface area contributed by atoms with Crippen molar-refractivity contribution < 1.29 is 19.2 Å². The summed E-state index contributed by atoms with van der Waals surface area (Å²) in [6, 6.07) is 6.18. The van der Waals surface area contributed by atoms with Gasteiger partial charge in [0.25, 0.3) is 0 Å². The number of nitrogens with two attached hydrogens (primary N) is 1. The summed E-state index contributed by atoms with van der Waals surface area (Å²) in [7, 11) is 0. The molecule has 1 heterocycles. The second-order valence-corrected chi connectivity index (χ2v) is 6.22. The Balaban J connectivity index is 1.55. The van der Waals surface area contributed by atoms with Crippen LogP contribution >= 0.6 is 0 Å². The van der Waals surface area contributed by atoms with Crippen LogP contribution in [0.3, 0.4) is 0 Å². The molecule has 25 heavy (non-hydrogen) atoms. The maximum Gasteiger partial charge on any atom is 0.248 e. The number of carbonyl (C=O) groups is 4. The van der Waals surface area contributed by atoms with Crippen LogP contribution in [0, 0.1) is 11.8 Å². The molecule has 1 aliphatic heterocycles. The average Bonchev–Trinajstić information content (AvgIpc) is 2.85. The van der Waals surface area contributed by atoms with Gasteiger partial charge < -0.3 is 11.1 Å². The number of hydrogen-bond acceptors (Lipinski definition) is 4. The van der Waals surface area contributed by atoms with Crippen LogP contribution in [0.25, 0.3) is 0 Å². The van der Waals surface area contributed by atoms with Crippen molar-refractivity contribution in [3.05, 3.63) is 42.0 Å². The van der Waals surface area contributed by atoms with Gasteiger partial charge in [0.05, 0.1) is 11.8 Å². The molecule has 1 aromatic rings. The number of imide groups is 1. The van der Waals surface area contributed by atoms with Crippen molar-refractivity contribution in [2.24, 2.45) is 17.6 Å². The number of primary amides is 1. The van der Waals surface area contributed by atoms with Gasteiger partial charge in [-0.25, -0.2) is 0 Å². The summed E-state index contributed by atoms with van der Waals surface area (Å²) in [5.74, 6) is -1.76. The first kappa shape index (κ1) is 16.9. The van der Waals surface area contributed by atoms with Gasteiger partial charge >= 0.3 is 0 Å². The molecule has 130 valence electrons. The van der Waals surface area contributed by atoms with E-state index in [4.69, 9.17) is 5.73 Å². The molecule has 0 saturated carbocycles. The molecule has 1 aromatic carbocycles. The molecule has 1 fully saturated rings. The molecule has 1 aliphatic carbocycles. The van der Waals surface area contributed by atoms with Gasteiger partial charge in [0, 0.05) is 24.2 Å². The summed E-state index contributed by atoms with van der Waals surface area (Å²) < 4.78 is 0. The molecule has 2 aliphatic rings. The van der Waals surface area contributed by atoms with E-state index in [0.717, 1.165) is 0 Å². The van der Waals surface area contributed by atoms with Crippen molar-refractivity contribution in [3.63, 3.8) is 0 Å². The predicted molar refractivity (Wildman–Crippen MR) is 90.3 cm³/mol. The highest BCUT2D eigenvalue weighted by atomic mass is 16.2. The van der Waals surface area contributed by atoms with Gasteiger partial charge in [0.2, 0.25) is 23.6 Å². The SMILES string of the molecule is NC(=O)c1ccc(NC(=O)CCN2C(=O)[C@H]3CC=CC[C@H]3C2=O)cc1. The van der Waals surface area contributed by atoms with E-state index in [-0.39, 0.29) is 42.5 Å². The highest BCUT2D eigenvalue weighted by molar-refractivity contribution is 6.06. The van der Waals surface area contributed by atoms with Gasteiger partial charge in [0.1, 0.15) is 0 Å². The van der Waals surface area contributed by atoms with Crippen molar-refractivity contribution in [1.82, 2.24) is 4.90 Å². The lowest BCUT2D eigenvalue weighted by molar-refractivity contribution is -0.140. The zero-order valence-corrected chi connectivity index (χ0v) is 13.6. The number of benzene rings is 1. The Morgan fingerprint density at radius 3 is 2.12 bits per heavy atom. The van der Waals surface area contributed by atoms with Crippen LogP contribution in [0.15, 0.2) is 36.4 Å². The number of carbonyl (C=O) groups excluding carboxylic acids is 4. The summed E-state index contributed by atoms with van der Waals surface area (Å²) in [6.07, 6.45) is 5.06. The maximum absolute atomic E-state index is 12.3. The van der Waals surface area contributed by atoms with E-state index in [1.54, 1.807) is 12.1 Å². The zero-order valence-electron chi connectivity index (χ0n) is 13.6. The average molecular weight is 341 g/mol. The number of fused-ring (bicyclic) bond motifs is 1. The van der Waals surface area contributed by atoms with Gasteiger partial charge in [-0.15, -0.1) is 0 Å². The fourth-order valence-corrected chi connectivity index (χ4v) is 3.24. The van der Waals surface area contributed by atoms with E-state index in [9.17, 15) is 19.2 Å². The van der Waals surface area contributed by atoms with Crippen LogP contribution in [-0.4, -0.2) is 35.1 Å². The first-order valence-electron chi connectivity index (χ1n) is 8.17. The van der Waals surface area contributed by atoms with Crippen LogP contribution in [-0.2, 0) is 14.4 Å². The summed E-state index contributed by atoms with van der Waals surface area (Å²) in [4.78, 5) is 48.9. The van der Waals surface area contributed by atoms with Crippen molar-refractivity contribution in [2.75, 3.05) is 11.9 Å². The van der Waals surface area contributed by atoms with Gasteiger partial charge in [-0.1, -0.05) is 12.2 Å². The molecule has 0 unspecified atom stereocenters. The van der Waals surface area contributed by atoms with Gasteiger partial charge in [-0.3, -0.25) is 24.1 Å². The number of rotatable bonds is 5. The van der Waals surface area contributed by atoms with Crippen molar-refractivity contribution in [3.8, 4) is 0 Å². The molecule has 0 radical (unpaired) electrons. The van der Waals surface area contributed by atoms with Crippen LogP contribution in [0.4, 0.5) is 5.69 Å². The molecule has 2 atom stereocenters. The lowest BCUT2D eigenvalue weighted by Crippen LogP contribution is -2.34. The topological polar surface area (TPSA) is 110 Å². The van der Waals surface area contributed by atoms with E-state index < -0.39 is 5.91 Å². The molecule has 1 saturated heterocycles. The molecule has 3 rings (SSSR count). The van der Waals surface area contributed by atoms with Gasteiger partial charge in [-0.05, 0) is 37.1 Å². The maximum atomic E-state index is 12.3. The second kappa shape index (κ2) is 6.88. The van der Waals surface area contributed by atoms with Crippen LogP contribution in [0.5, 0.6) is 0 Å². The zero-order chi connectivity index (χ0) is 18.0. The van der Waals surface area contributed by atoms with E-state index in [2.05, 4.69) is 5.32 Å². The Kier molecular flexibility index (Phi) is 4.65. The quantitative estimate of drug-likeness (QED) is 0.616. The van der Waals surface area contributed by atoms with Gasteiger partial charge in [0.15, 0.2) is 0 Å². The molecule has 0 aromatic heterocycles. The highest BCUT2D eigenvalue weighted by Gasteiger charge is 2.46. The standard InChI is InChI=1S/C18H19N3O4/c19-16(23)11-5-7-12(8-6-11)20-15(22)9-10-21-17(24)13-3-1-2-4-14(13)18(21)25/h1-2,5-8,13-14H,3-4,9-10H2,(H2,19,23)(H,20,22)/t13-,14+. The lowest BCUT2D eigenvalue weighted by atomic mass is 9.85. The minimum atomic E-state index is -0.542. The van der Waals surface area contributed by atoms with Crippen LogP contribution in [0.2, 0.25) is 0 Å². The third-order valence-electron chi connectivity index (χ3n) is 4.61. The molecule has 0 spiro atoms. The first-order chi connectivity index (χ1) is 12.0. The third-order valence-corrected chi connectivity index (χ3v) is 4.61. The van der Waals surface area contributed by atoms with Gasteiger partial charge in [-0.2, -0.15) is 0 Å². The molecule has 3 N–H and O–H groups in total. The molecule has 0 bridgehead atoms. The van der Waals surface area contributed by atoms with Crippen molar-refractivity contribution >= 4 is 29.3 Å². The number of nitrogens with one attached hydrogen (secondary N) is 1. The summed E-state index contributed by atoms with van der Waals surface area (Å²) >= 11 is 0. The highest BCUT2D eigenvalue weighted by Crippen LogP contribution is 2.34. The number of nitrogens with zero attached hydrogens (tertiary/aromatic N) is 1. The van der Waals surface area contributed by atoms with E-state index in [1.807, 2.05) is 12.2 Å². The first-order valence-corrected chi connectivity index (χ1v) is 8.17. The van der Waals surface area contributed by atoms with Crippen molar-refractivity contribution in [1.29, 1.82) is 0 Å². The minimum absolute atomic E-state index is 0.0297. The lowest BCUT2D eigenvalue weighted by Gasteiger charge is -2.14. The largest absolute Gasteiger partial charge is 0.366 e. The molecule has 7 nitrogen and oxygen atoms in total. The number of amides is 4. The Morgan fingerprint density at radius 1 is 1.04 bits per heavy atom. The summed E-state index contributed by atoms with van der Waals surface area (Å²) in [6.45, 7) is 0.0792. The molecule has 7 heteroatoms. The Labute approximate surface area is 144 Å². The van der Waals surface area contributed by atoms with E-state index >= 15 is 0 Å². The van der Waals surface area contributed by atoms with Crippen LogP contribution in [0.1, 0.15) is 29.6 Å². The molecular formula is C18H19N3O4. The Hall–Kier alpha value is -2.96. The monoisotopic (exact) mass is 341 g/mol. The number of anilines is 1. The van der Waals surface area contributed by atoms with E-state index in [0.29, 0.717) is 24.1 Å². The fraction of sp³-hybridized carbons (Fsp3) is 0.333. The second-order valence-electron chi connectivity index (χ2n) is 6.22. The Bertz CT molecular complexity index is 728. The summed E-state index contributed by atoms with van der Waals surface area (Å²) in [5.41, 5.74) is 6.03. The minimum Gasteiger partial charge on any atom is -0.366 e. The number of hydrogen-bond donors (Lipinski definition) is 2. The van der Waals surface area contributed by atoms with Crippen molar-refractivity contribution in [2.45, 2.75) is 19.3 Å². The smallest absolute Gasteiger partial charge is 0.248 e. The predicted octanol–water partition coefficient (Wildman–Crippen LogP) is 1.07. The molecule has 4 amide bonds. The fourth-order valence-electron chi connectivity index (χ4n) is 3.24. The van der Waals surface area contributed by atoms with Crippen LogP contribution < -0.4 is 11.1 Å². The van der Waals surface area contributed by atoms with E-state index in [1.165, 1.54) is 17.0 Å².